The van der Waals surface area contributed by atoms with Gasteiger partial charge in [-0.2, -0.15) is 0 Å². The number of halogens is 1. The Hall–Kier alpha value is -2.01. The maximum absolute atomic E-state index is 5.71. The molecule has 4 rings (SSSR count). The topological polar surface area (TPSA) is 32.1 Å². The van der Waals surface area contributed by atoms with Gasteiger partial charge in [-0.25, -0.2) is 0 Å². The normalized spacial score (nSPS) is 20.1. The predicted molar refractivity (Wildman–Crippen MR) is 111 cm³/mol. The van der Waals surface area contributed by atoms with Gasteiger partial charge in [-0.05, 0) is 42.2 Å². The number of ether oxygens (including phenoxy) is 3. The number of quaternary nitrogens is 1. The summed E-state index contributed by atoms with van der Waals surface area (Å²) >= 11 is 0. The van der Waals surface area contributed by atoms with E-state index in [0.717, 1.165) is 57.2 Å². The Morgan fingerprint density at radius 2 is 1.72 bits per heavy atom. The van der Waals surface area contributed by atoms with Crippen molar-refractivity contribution in [3.05, 3.63) is 65.2 Å². The van der Waals surface area contributed by atoms with Gasteiger partial charge in [-0.15, -0.1) is 0 Å². The smallest absolute Gasteiger partial charge is 0.161 e. The lowest BCUT2D eigenvalue weighted by Crippen LogP contribution is -3.13. The fourth-order valence-electron chi connectivity index (χ4n) is 4.75. The van der Waals surface area contributed by atoms with Gasteiger partial charge in [0.15, 0.2) is 11.5 Å². The Morgan fingerprint density at radius 3 is 2.41 bits per heavy atom. The Morgan fingerprint density at radius 1 is 1.03 bits per heavy atom. The van der Waals surface area contributed by atoms with Crippen molar-refractivity contribution in [2.24, 2.45) is 0 Å². The van der Waals surface area contributed by atoms with E-state index in [-0.39, 0.29) is 17.8 Å². The number of rotatable bonds is 5. The van der Waals surface area contributed by atoms with E-state index < -0.39 is 0 Å². The van der Waals surface area contributed by atoms with Crippen molar-refractivity contribution in [3.8, 4) is 11.5 Å². The molecule has 1 atom stereocenters. The minimum atomic E-state index is 0. The lowest BCUT2D eigenvalue weighted by molar-refractivity contribution is -0.915. The summed E-state index contributed by atoms with van der Waals surface area (Å²) in [6.45, 7) is 4.84. The number of benzene rings is 2. The van der Waals surface area contributed by atoms with Gasteiger partial charge in [0, 0.05) is 24.2 Å². The van der Waals surface area contributed by atoms with E-state index in [1.807, 2.05) is 0 Å². The van der Waals surface area contributed by atoms with Crippen LogP contribution in [-0.2, 0) is 16.7 Å². The van der Waals surface area contributed by atoms with E-state index in [4.69, 9.17) is 14.2 Å². The molecule has 2 aliphatic heterocycles. The second-order valence-corrected chi connectivity index (χ2v) is 7.88. The van der Waals surface area contributed by atoms with E-state index in [9.17, 15) is 0 Å². The Balaban J connectivity index is 0.00000240. The standard InChI is InChI=1S/C24H29NO3.ClH/c1-26-22-15-20-17-25(12-6-9-19-7-4-3-5-8-19)18-24(10-13-28-14-11-24)21(20)16-23(22)27-2;/h3-9,15-16H,10-14,17-18H2,1-2H3;1H/b9-6+;. The summed E-state index contributed by atoms with van der Waals surface area (Å²) in [6.07, 6.45) is 6.68. The third kappa shape index (κ3) is 4.61. The van der Waals surface area contributed by atoms with Crippen LogP contribution in [-0.4, -0.2) is 40.5 Å². The first-order chi connectivity index (χ1) is 13.7. The molecule has 1 unspecified atom stereocenters. The predicted octanol–water partition coefficient (Wildman–Crippen LogP) is -0.132. The lowest BCUT2D eigenvalue weighted by atomic mass is 9.70. The molecule has 1 N–H and O–H groups in total. The quantitative estimate of drug-likeness (QED) is 0.738. The highest BCUT2D eigenvalue weighted by Gasteiger charge is 2.44. The van der Waals surface area contributed by atoms with Crippen molar-refractivity contribution in [1.82, 2.24) is 0 Å². The molecule has 1 fully saturated rings. The summed E-state index contributed by atoms with van der Waals surface area (Å²) < 4.78 is 16.9. The highest BCUT2D eigenvalue weighted by atomic mass is 35.5. The molecule has 0 aromatic heterocycles. The Kier molecular flexibility index (Phi) is 7.23. The van der Waals surface area contributed by atoms with Crippen molar-refractivity contribution in [3.63, 3.8) is 0 Å². The van der Waals surface area contributed by atoms with E-state index >= 15 is 0 Å². The van der Waals surface area contributed by atoms with Crippen LogP contribution in [0.25, 0.3) is 6.08 Å². The first kappa shape index (κ1) is 21.7. The summed E-state index contributed by atoms with van der Waals surface area (Å²) in [5, 5.41) is 0. The highest BCUT2D eigenvalue weighted by molar-refractivity contribution is 5.51. The van der Waals surface area contributed by atoms with Crippen LogP contribution in [0, 0.1) is 0 Å². The minimum absolute atomic E-state index is 0. The summed E-state index contributed by atoms with van der Waals surface area (Å²) in [5.41, 5.74) is 4.24. The first-order valence-electron chi connectivity index (χ1n) is 10.1. The minimum Gasteiger partial charge on any atom is -1.00 e. The molecule has 2 aromatic carbocycles. The van der Waals surface area contributed by atoms with Gasteiger partial charge in [0.2, 0.25) is 0 Å². The molecule has 0 aliphatic carbocycles. The van der Waals surface area contributed by atoms with Gasteiger partial charge < -0.3 is 31.5 Å². The maximum Gasteiger partial charge on any atom is 0.161 e. The van der Waals surface area contributed by atoms with Crippen LogP contribution in [0.15, 0.2) is 48.5 Å². The summed E-state index contributed by atoms with van der Waals surface area (Å²) in [4.78, 5) is 1.59. The van der Waals surface area contributed by atoms with Gasteiger partial charge in [-0.3, -0.25) is 0 Å². The maximum atomic E-state index is 5.71. The van der Waals surface area contributed by atoms with Crippen molar-refractivity contribution < 1.29 is 31.5 Å². The number of fused-ring (bicyclic) bond motifs is 2. The molecule has 0 radical (unpaired) electrons. The van der Waals surface area contributed by atoms with Crippen LogP contribution in [0.1, 0.15) is 29.5 Å². The molecule has 0 amide bonds. The molecule has 2 aromatic rings. The van der Waals surface area contributed by atoms with Gasteiger partial charge in [0.1, 0.15) is 6.54 Å². The van der Waals surface area contributed by atoms with Gasteiger partial charge in [0.25, 0.3) is 0 Å². The fraction of sp³-hybridized carbons (Fsp3) is 0.417. The first-order valence-corrected chi connectivity index (χ1v) is 10.1. The molecule has 4 nitrogen and oxygen atoms in total. The monoisotopic (exact) mass is 415 g/mol. The second-order valence-electron chi connectivity index (χ2n) is 7.88. The molecular formula is C24H30ClNO3. The summed E-state index contributed by atoms with van der Waals surface area (Å²) in [7, 11) is 3.43. The molecule has 0 saturated carbocycles. The molecule has 156 valence electrons. The summed E-state index contributed by atoms with van der Waals surface area (Å²) in [5.74, 6) is 1.66. The highest BCUT2D eigenvalue weighted by Crippen LogP contribution is 2.42. The molecule has 1 spiro atoms. The average Bonchev–Trinajstić information content (AvgIpc) is 2.74. The van der Waals surface area contributed by atoms with E-state index in [1.54, 1.807) is 19.1 Å². The Bertz CT molecular complexity index is 832. The lowest BCUT2D eigenvalue weighted by Gasteiger charge is -2.44. The van der Waals surface area contributed by atoms with Gasteiger partial charge in [-0.1, -0.05) is 36.4 Å². The largest absolute Gasteiger partial charge is 1.00 e. The zero-order valence-electron chi connectivity index (χ0n) is 17.2. The van der Waals surface area contributed by atoms with Gasteiger partial charge in [0.05, 0.1) is 27.3 Å². The van der Waals surface area contributed by atoms with Gasteiger partial charge >= 0.3 is 0 Å². The van der Waals surface area contributed by atoms with Crippen LogP contribution < -0.4 is 26.8 Å². The van der Waals surface area contributed by atoms with Crippen LogP contribution >= 0.6 is 0 Å². The molecule has 29 heavy (non-hydrogen) atoms. The molecular weight excluding hydrogens is 386 g/mol. The van der Waals surface area contributed by atoms with Crippen LogP contribution in [0.3, 0.4) is 0 Å². The fourth-order valence-corrected chi connectivity index (χ4v) is 4.75. The number of hydrogen-bond acceptors (Lipinski definition) is 3. The van der Waals surface area contributed by atoms with Crippen molar-refractivity contribution >= 4 is 6.08 Å². The average molecular weight is 416 g/mol. The molecule has 2 heterocycles. The second kappa shape index (κ2) is 9.66. The molecule has 0 bridgehead atoms. The van der Waals surface area contributed by atoms with Crippen LogP contribution in [0.4, 0.5) is 0 Å². The van der Waals surface area contributed by atoms with Crippen molar-refractivity contribution in [1.29, 1.82) is 0 Å². The van der Waals surface area contributed by atoms with Crippen molar-refractivity contribution in [2.45, 2.75) is 24.8 Å². The molecule has 2 aliphatic rings. The summed E-state index contributed by atoms with van der Waals surface area (Å²) in [6, 6.07) is 14.9. The zero-order valence-corrected chi connectivity index (χ0v) is 18.0. The van der Waals surface area contributed by atoms with Crippen LogP contribution in [0.2, 0.25) is 0 Å². The van der Waals surface area contributed by atoms with Crippen LogP contribution in [0.5, 0.6) is 11.5 Å². The third-order valence-corrected chi connectivity index (χ3v) is 6.18. The number of nitrogens with one attached hydrogen (secondary N) is 1. The molecule has 1 saturated heterocycles. The third-order valence-electron chi connectivity index (χ3n) is 6.18. The van der Waals surface area contributed by atoms with E-state index in [1.165, 1.54) is 16.7 Å². The number of hydrogen-bond donors (Lipinski definition) is 1. The van der Waals surface area contributed by atoms with E-state index in [0.29, 0.717) is 0 Å². The Labute approximate surface area is 179 Å². The number of methoxy groups -OCH3 is 2. The SMILES string of the molecule is COc1cc2c(cc1OC)C1(CCOCC1)C[NH+](C/C=C/c1ccccc1)C2.[Cl-]. The zero-order chi connectivity index (χ0) is 19.4. The molecule has 5 heteroatoms. The van der Waals surface area contributed by atoms with E-state index in [2.05, 4.69) is 54.6 Å². The van der Waals surface area contributed by atoms with Crippen molar-refractivity contribution in [2.75, 3.05) is 40.5 Å².